The number of ether oxygens (including phenoxy) is 1. The monoisotopic (exact) mass is 288 g/mol. The maximum Gasteiger partial charge on any atom is 0.160 e. The van der Waals surface area contributed by atoms with Crippen LogP contribution in [0.2, 0.25) is 0 Å². The normalized spacial score (nSPS) is 30.5. The molecule has 1 fully saturated rings. The van der Waals surface area contributed by atoms with Crippen LogP contribution >= 0.6 is 0 Å². The van der Waals surface area contributed by atoms with Crippen LogP contribution in [0.4, 0.5) is 0 Å². The lowest BCUT2D eigenvalue weighted by molar-refractivity contribution is -0.137. The number of hydrogen-bond donors (Lipinski definition) is 1. The molecule has 2 aliphatic rings. The van der Waals surface area contributed by atoms with Crippen LogP contribution in [0.1, 0.15) is 51.2 Å². The van der Waals surface area contributed by atoms with Gasteiger partial charge in [0.1, 0.15) is 5.78 Å². The Bertz CT molecular complexity index is 603. The van der Waals surface area contributed by atoms with Crippen molar-refractivity contribution >= 4 is 5.78 Å². The van der Waals surface area contributed by atoms with Gasteiger partial charge in [0.2, 0.25) is 0 Å². The zero-order chi connectivity index (χ0) is 15.4. The third-order valence-corrected chi connectivity index (χ3v) is 5.95. The zero-order valence-corrected chi connectivity index (χ0v) is 13.3. The Balaban J connectivity index is 2.15. The largest absolute Gasteiger partial charge is 0.504 e. The van der Waals surface area contributed by atoms with Gasteiger partial charge < -0.3 is 9.84 Å². The number of carbonyl (C=O) groups excluding carboxylic acids is 1. The van der Waals surface area contributed by atoms with Crippen LogP contribution in [-0.2, 0) is 16.6 Å². The Morgan fingerprint density at radius 2 is 1.95 bits per heavy atom. The number of ketones is 1. The van der Waals surface area contributed by atoms with Crippen LogP contribution in [0.25, 0.3) is 0 Å². The number of phenolic OH excluding ortho intramolecular Hbond substituents is 1. The smallest absolute Gasteiger partial charge is 0.160 e. The second-order valence-electron chi connectivity index (χ2n) is 7.33. The molecule has 21 heavy (non-hydrogen) atoms. The van der Waals surface area contributed by atoms with Crippen molar-refractivity contribution in [2.24, 2.45) is 11.3 Å². The van der Waals surface area contributed by atoms with Crippen molar-refractivity contribution in [1.29, 1.82) is 0 Å². The van der Waals surface area contributed by atoms with Gasteiger partial charge in [-0.05, 0) is 53.9 Å². The van der Waals surface area contributed by atoms with Gasteiger partial charge in [-0.2, -0.15) is 0 Å². The van der Waals surface area contributed by atoms with Crippen molar-refractivity contribution in [3.8, 4) is 11.5 Å². The fraction of sp³-hybridized carbons (Fsp3) is 0.611. The van der Waals surface area contributed by atoms with Crippen molar-refractivity contribution < 1.29 is 14.6 Å². The van der Waals surface area contributed by atoms with Crippen LogP contribution < -0.4 is 4.74 Å². The molecule has 1 aromatic carbocycles. The number of aromatic hydroxyl groups is 1. The first-order chi connectivity index (χ1) is 9.80. The lowest BCUT2D eigenvalue weighted by atomic mass is 9.50. The van der Waals surface area contributed by atoms with Gasteiger partial charge in [0.25, 0.3) is 0 Å². The number of methoxy groups -OCH3 is 1. The number of phenols is 1. The Morgan fingerprint density at radius 3 is 2.62 bits per heavy atom. The van der Waals surface area contributed by atoms with Crippen molar-refractivity contribution in [3.05, 3.63) is 23.3 Å². The molecule has 0 radical (unpaired) electrons. The zero-order valence-electron chi connectivity index (χ0n) is 13.3. The molecule has 0 amide bonds. The molecule has 114 valence electrons. The average molecular weight is 288 g/mol. The maximum atomic E-state index is 12.3. The number of hydrogen-bond acceptors (Lipinski definition) is 3. The van der Waals surface area contributed by atoms with E-state index in [-0.39, 0.29) is 16.6 Å². The van der Waals surface area contributed by atoms with Gasteiger partial charge in [-0.25, -0.2) is 0 Å². The second kappa shape index (κ2) is 4.49. The molecule has 0 bridgehead atoms. The van der Waals surface area contributed by atoms with Gasteiger partial charge in [0.05, 0.1) is 7.11 Å². The van der Waals surface area contributed by atoms with Crippen molar-refractivity contribution in [1.82, 2.24) is 0 Å². The first kappa shape index (κ1) is 14.4. The first-order valence-corrected chi connectivity index (χ1v) is 7.74. The molecule has 3 heteroatoms. The molecule has 3 nitrogen and oxygen atoms in total. The van der Waals surface area contributed by atoms with E-state index in [0.717, 1.165) is 19.3 Å². The maximum absolute atomic E-state index is 12.3. The molecule has 2 aliphatic carbocycles. The molecule has 0 aliphatic heterocycles. The van der Waals surface area contributed by atoms with Gasteiger partial charge in [0.15, 0.2) is 11.5 Å². The van der Waals surface area contributed by atoms with E-state index >= 15 is 0 Å². The van der Waals surface area contributed by atoms with E-state index in [1.165, 1.54) is 11.1 Å². The highest BCUT2D eigenvalue weighted by atomic mass is 16.5. The Hall–Kier alpha value is -1.51. The van der Waals surface area contributed by atoms with E-state index in [9.17, 15) is 9.90 Å². The molecule has 3 rings (SSSR count). The number of Topliss-reactive ketones (excluding diaryl/α,β-unsaturated/α-hetero) is 1. The molecule has 0 spiro atoms. The minimum atomic E-state index is -0.268. The number of carbonyl (C=O) groups is 1. The molecule has 0 aromatic heterocycles. The molecule has 1 saturated carbocycles. The second-order valence-corrected chi connectivity index (χ2v) is 7.33. The van der Waals surface area contributed by atoms with Gasteiger partial charge in [-0.1, -0.05) is 20.8 Å². The molecular formula is C18H24O3. The summed E-state index contributed by atoms with van der Waals surface area (Å²) in [6, 6.07) is 3.84. The van der Waals surface area contributed by atoms with Crippen LogP contribution in [0.15, 0.2) is 12.1 Å². The van der Waals surface area contributed by atoms with Crippen molar-refractivity contribution in [3.63, 3.8) is 0 Å². The molecule has 1 aromatic rings. The summed E-state index contributed by atoms with van der Waals surface area (Å²) >= 11 is 0. The highest BCUT2D eigenvalue weighted by Crippen LogP contribution is 2.56. The summed E-state index contributed by atoms with van der Waals surface area (Å²) in [5.74, 6) is 1.49. The summed E-state index contributed by atoms with van der Waals surface area (Å²) in [6.45, 7) is 6.47. The predicted octanol–water partition coefficient (Wildman–Crippen LogP) is 3.61. The summed E-state index contributed by atoms with van der Waals surface area (Å²) in [5, 5.41) is 10.0. The van der Waals surface area contributed by atoms with Crippen molar-refractivity contribution in [2.75, 3.05) is 7.11 Å². The fourth-order valence-corrected chi connectivity index (χ4v) is 4.68. The minimum absolute atomic E-state index is 0.00796. The quantitative estimate of drug-likeness (QED) is 0.858. The standard InChI is InChI=1S/C18H24O3/c1-17(2)15-6-5-11-9-13(19)14(21-4)10-12(11)18(15,3)8-7-16(17)20/h9-10,15,19H,5-8H2,1-4H3. The SMILES string of the molecule is COc1cc2c(cc1O)CCC1C(C)(C)C(=O)CCC21C. The van der Waals surface area contributed by atoms with E-state index in [4.69, 9.17) is 4.74 Å². The number of benzene rings is 1. The number of fused-ring (bicyclic) bond motifs is 3. The van der Waals surface area contributed by atoms with Crippen LogP contribution in [0.5, 0.6) is 11.5 Å². The molecule has 0 saturated heterocycles. The Labute approximate surface area is 126 Å². The fourth-order valence-electron chi connectivity index (χ4n) is 4.68. The summed E-state index contributed by atoms with van der Waals surface area (Å²) in [5.41, 5.74) is 2.19. The lowest BCUT2D eigenvalue weighted by Gasteiger charge is -2.53. The van der Waals surface area contributed by atoms with Gasteiger partial charge in [-0.3, -0.25) is 4.79 Å². The van der Waals surface area contributed by atoms with Crippen LogP contribution in [0, 0.1) is 11.3 Å². The van der Waals surface area contributed by atoms with Gasteiger partial charge in [-0.15, -0.1) is 0 Å². The third-order valence-electron chi connectivity index (χ3n) is 5.95. The summed E-state index contributed by atoms with van der Waals surface area (Å²) < 4.78 is 5.29. The molecule has 1 N–H and O–H groups in total. The van der Waals surface area contributed by atoms with E-state index < -0.39 is 0 Å². The topological polar surface area (TPSA) is 46.5 Å². The molecule has 2 atom stereocenters. The Kier molecular flexibility index (Phi) is 3.09. The minimum Gasteiger partial charge on any atom is -0.504 e. The highest BCUT2D eigenvalue weighted by Gasteiger charge is 2.53. The van der Waals surface area contributed by atoms with Gasteiger partial charge in [0, 0.05) is 11.8 Å². The summed E-state index contributed by atoms with van der Waals surface area (Å²) in [7, 11) is 1.58. The van der Waals surface area contributed by atoms with E-state index in [1.807, 2.05) is 12.1 Å². The van der Waals surface area contributed by atoms with E-state index in [1.54, 1.807) is 7.11 Å². The lowest BCUT2D eigenvalue weighted by Crippen LogP contribution is -2.52. The summed E-state index contributed by atoms with van der Waals surface area (Å²) in [6.07, 6.45) is 3.46. The molecule has 0 heterocycles. The van der Waals surface area contributed by atoms with Gasteiger partial charge >= 0.3 is 0 Å². The number of rotatable bonds is 1. The van der Waals surface area contributed by atoms with Crippen LogP contribution in [-0.4, -0.2) is 18.0 Å². The third kappa shape index (κ3) is 1.90. The van der Waals surface area contributed by atoms with Crippen LogP contribution in [0.3, 0.4) is 0 Å². The summed E-state index contributed by atoms with van der Waals surface area (Å²) in [4.78, 5) is 12.3. The first-order valence-electron chi connectivity index (χ1n) is 7.74. The predicted molar refractivity (Wildman–Crippen MR) is 81.8 cm³/mol. The molecular weight excluding hydrogens is 264 g/mol. The Morgan fingerprint density at radius 1 is 1.24 bits per heavy atom. The van der Waals surface area contributed by atoms with E-state index in [0.29, 0.717) is 23.9 Å². The van der Waals surface area contributed by atoms with E-state index in [2.05, 4.69) is 20.8 Å². The number of aryl methyl sites for hydroxylation is 1. The highest BCUT2D eigenvalue weighted by molar-refractivity contribution is 5.86. The molecule has 2 unspecified atom stereocenters. The van der Waals surface area contributed by atoms with Crippen molar-refractivity contribution in [2.45, 2.75) is 51.9 Å². The average Bonchev–Trinajstić information content (AvgIpc) is 2.43.